The Morgan fingerprint density at radius 2 is 2.11 bits per heavy atom. The second kappa shape index (κ2) is 6.10. The summed E-state index contributed by atoms with van der Waals surface area (Å²) in [6.45, 7) is 1.21. The molecule has 0 unspecified atom stereocenters. The number of ether oxygens (including phenoxy) is 1. The van der Waals surface area contributed by atoms with Crippen molar-refractivity contribution in [2.45, 2.75) is 13.0 Å². The molecule has 0 aliphatic rings. The Balaban J connectivity index is 2.08. The van der Waals surface area contributed by atoms with E-state index in [2.05, 4.69) is 10.2 Å². The summed E-state index contributed by atoms with van der Waals surface area (Å²) in [5.74, 6) is -0.0687. The SMILES string of the molecule is COCCc1nncn1Cc1ccc(C(=O)O)cc1. The zero-order valence-electron chi connectivity index (χ0n) is 10.6. The van der Waals surface area contributed by atoms with Crippen LogP contribution in [0.15, 0.2) is 30.6 Å². The highest BCUT2D eigenvalue weighted by Gasteiger charge is 2.06. The number of carboxylic acids is 1. The molecule has 1 heterocycles. The molecule has 2 aromatic rings. The third kappa shape index (κ3) is 3.38. The van der Waals surface area contributed by atoms with E-state index in [1.54, 1.807) is 37.7 Å². The minimum absolute atomic E-state index is 0.284. The van der Waals surface area contributed by atoms with Gasteiger partial charge in [-0.25, -0.2) is 4.79 Å². The van der Waals surface area contributed by atoms with E-state index in [-0.39, 0.29) is 5.56 Å². The van der Waals surface area contributed by atoms with Crippen molar-refractivity contribution in [3.05, 3.63) is 47.5 Å². The zero-order valence-corrected chi connectivity index (χ0v) is 10.6. The van der Waals surface area contributed by atoms with E-state index in [0.717, 1.165) is 11.4 Å². The summed E-state index contributed by atoms with van der Waals surface area (Å²) in [5.41, 5.74) is 1.29. The van der Waals surface area contributed by atoms with Crippen LogP contribution >= 0.6 is 0 Å². The fourth-order valence-electron chi connectivity index (χ4n) is 1.75. The molecule has 0 aliphatic carbocycles. The van der Waals surface area contributed by atoms with Crippen molar-refractivity contribution in [1.82, 2.24) is 14.8 Å². The molecule has 0 aliphatic heterocycles. The number of methoxy groups -OCH3 is 1. The van der Waals surface area contributed by atoms with E-state index < -0.39 is 5.97 Å². The first-order valence-corrected chi connectivity index (χ1v) is 5.88. The minimum Gasteiger partial charge on any atom is -0.478 e. The van der Waals surface area contributed by atoms with E-state index in [9.17, 15) is 4.79 Å². The van der Waals surface area contributed by atoms with Gasteiger partial charge in [0.25, 0.3) is 0 Å². The van der Waals surface area contributed by atoms with Gasteiger partial charge in [-0.15, -0.1) is 10.2 Å². The molecule has 0 saturated carbocycles. The molecule has 0 radical (unpaired) electrons. The van der Waals surface area contributed by atoms with Crippen molar-refractivity contribution in [2.24, 2.45) is 0 Å². The first-order valence-electron chi connectivity index (χ1n) is 5.88. The molecule has 0 fully saturated rings. The molecule has 6 nitrogen and oxygen atoms in total. The second-order valence-electron chi connectivity index (χ2n) is 4.12. The molecular weight excluding hydrogens is 246 g/mol. The third-order valence-electron chi connectivity index (χ3n) is 2.78. The number of hydrogen-bond acceptors (Lipinski definition) is 4. The normalized spacial score (nSPS) is 10.6. The Morgan fingerprint density at radius 1 is 1.37 bits per heavy atom. The zero-order chi connectivity index (χ0) is 13.7. The smallest absolute Gasteiger partial charge is 0.335 e. The number of aromatic nitrogens is 3. The molecule has 0 bridgehead atoms. The van der Waals surface area contributed by atoms with Crippen LogP contribution in [0, 0.1) is 0 Å². The number of hydrogen-bond donors (Lipinski definition) is 1. The van der Waals surface area contributed by atoms with Crippen LogP contribution in [0.25, 0.3) is 0 Å². The Morgan fingerprint density at radius 3 is 2.74 bits per heavy atom. The summed E-state index contributed by atoms with van der Waals surface area (Å²) in [4.78, 5) is 10.8. The van der Waals surface area contributed by atoms with E-state index in [0.29, 0.717) is 19.6 Å². The van der Waals surface area contributed by atoms with Crippen molar-refractivity contribution in [1.29, 1.82) is 0 Å². The summed E-state index contributed by atoms with van der Waals surface area (Å²) < 4.78 is 6.94. The highest BCUT2D eigenvalue weighted by atomic mass is 16.5. The van der Waals surface area contributed by atoms with Gasteiger partial charge in [0, 0.05) is 13.5 Å². The molecule has 0 atom stereocenters. The van der Waals surface area contributed by atoms with Crippen LogP contribution in [0.1, 0.15) is 21.7 Å². The first-order chi connectivity index (χ1) is 9.20. The maximum atomic E-state index is 10.8. The largest absolute Gasteiger partial charge is 0.478 e. The molecular formula is C13H15N3O3. The Hall–Kier alpha value is -2.21. The van der Waals surface area contributed by atoms with Gasteiger partial charge in [-0.2, -0.15) is 0 Å². The van der Waals surface area contributed by atoms with Gasteiger partial charge in [0.15, 0.2) is 0 Å². The fraction of sp³-hybridized carbons (Fsp3) is 0.308. The van der Waals surface area contributed by atoms with E-state index in [4.69, 9.17) is 9.84 Å². The van der Waals surface area contributed by atoms with Crippen molar-refractivity contribution in [2.75, 3.05) is 13.7 Å². The minimum atomic E-state index is -0.920. The van der Waals surface area contributed by atoms with Gasteiger partial charge in [-0.1, -0.05) is 12.1 Å². The van der Waals surface area contributed by atoms with Gasteiger partial charge in [0.05, 0.1) is 18.7 Å². The predicted molar refractivity (Wildman–Crippen MR) is 68.1 cm³/mol. The maximum Gasteiger partial charge on any atom is 0.335 e. The number of nitrogens with zero attached hydrogens (tertiary/aromatic N) is 3. The van der Waals surface area contributed by atoms with Crippen LogP contribution in [-0.4, -0.2) is 39.6 Å². The standard InChI is InChI=1S/C13H15N3O3/c1-19-7-6-12-15-14-9-16(12)8-10-2-4-11(5-3-10)13(17)18/h2-5,9H,6-8H2,1H3,(H,17,18). The summed E-state index contributed by atoms with van der Waals surface area (Å²) in [7, 11) is 1.64. The lowest BCUT2D eigenvalue weighted by Gasteiger charge is -2.06. The lowest BCUT2D eigenvalue weighted by atomic mass is 10.1. The summed E-state index contributed by atoms with van der Waals surface area (Å²) >= 11 is 0. The molecule has 1 aromatic carbocycles. The highest BCUT2D eigenvalue weighted by molar-refractivity contribution is 5.87. The van der Waals surface area contributed by atoms with Crippen LogP contribution in [-0.2, 0) is 17.7 Å². The molecule has 1 N–H and O–H groups in total. The van der Waals surface area contributed by atoms with E-state index in [1.165, 1.54) is 0 Å². The molecule has 6 heteroatoms. The average Bonchev–Trinajstić information content (AvgIpc) is 2.84. The number of aromatic carboxylic acids is 1. The van der Waals surface area contributed by atoms with Gasteiger partial charge in [-0.05, 0) is 17.7 Å². The van der Waals surface area contributed by atoms with Crippen molar-refractivity contribution in [3.8, 4) is 0 Å². The lowest BCUT2D eigenvalue weighted by Crippen LogP contribution is -2.07. The van der Waals surface area contributed by atoms with Crippen molar-refractivity contribution in [3.63, 3.8) is 0 Å². The van der Waals surface area contributed by atoms with Gasteiger partial charge in [0.1, 0.15) is 12.2 Å². The quantitative estimate of drug-likeness (QED) is 0.845. The van der Waals surface area contributed by atoms with Gasteiger partial charge < -0.3 is 14.4 Å². The number of carbonyl (C=O) groups is 1. The lowest BCUT2D eigenvalue weighted by molar-refractivity contribution is 0.0697. The molecule has 19 heavy (non-hydrogen) atoms. The number of carboxylic acid groups (broad SMARTS) is 1. The van der Waals surface area contributed by atoms with Crippen molar-refractivity contribution >= 4 is 5.97 Å². The molecule has 0 amide bonds. The monoisotopic (exact) mass is 261 g/mol. The Bertz CT molecular complexity index is 549. The predicted octanol–water partition coefficient (Wildman–Crippen LogP) is 1.21. The topological polar surface area (TPSA) is 77.2 Å². The Labute approximate surface area is 110 Å². The van der Waals surface area contributed by atoms with Gasteiger partial charge in [-0.3, -0.25) is 0 Å². The summed E-state index contributed by atoms with van der Waals surface area (Å²) in [6, 6.07) is 6.78. The Kier molecular flexibility index (Phi) is 4.25. The van der Waals surface area contributed by atoms with Crippen LogP contribution < -0.4 is 0 Å². The van der Waals surface area contributed by atoms with Crippen LogP contribution in [0.3, 0.4) is 0 Å². The van der Waals surface area contributed by atoms with E-state index >= 15 is 0 Å². The summed E-state index contributed by atoms with van der Waals surface area (Å²) in [6.07, 6.45) is 2.36. The molecule has 0 saturated heterocycles. The average molecular weight is 261 g/mol. The molecule has 1 aromatic heterocycles. The first kappa shape index (κ1) is 13.2. The van der Waals surface area contributed by atoms with E-state index in [1.807, 2.05) is 4.57 Å². The second-order valence-corrected chi connectivity index (χ2v) is 4.12. The van der Waals surface area contributed by atoms with Crippen LogP contribution in [0.4, 0.5) is 0 Å². The molecule has 100 valence electrons. The maximum absolute atomic E-state index is 10.8. The van der Waals surface area contributed by atoms with Crippen LogP contribution in [0.5, 0.6) is 0 Å². The highest BCUT2D eigenvalue weighted by Crippen LogP contribution is 2.08. The molecule has 0 spiro atoms. The van der Waals surface area contributed by atoms with Gasteiger partial charge in [0.2, 0.25) is 0 Å². The van der Waals surface area contributed by atoms with Crippen molar-refractivity contribution < 1.29 is 14.6 Å². The van der Waals surface area contributed by atoms with Crippen LogP contribution in [0.2, 0.25) is 0 Å². The van der Waals surface area contributed by atoms with Gasteiger partial charge >= 0.3 is 5.97 Å². The summed E-state index contributed by atoms with van der Waals surface area (Å²) in [5, 5.41) is 16.7. The number of rotatable bonds is 6. The third-order valence-corrected chi connectivity index (χ3v) is 2.78. The molecule has 2 rings (SSSR count). The number of benzene rings is 1. The fourth-order valence-corrected chi connectivity index (χ4v) is 1.75.